The van der Waals surface area contributed by atoms with Gasteiger partial charge in [-0.25, -0.2) is 0 Å². The van der Waals surface area contributed by atoms with Gasteiger partial charge in [-0.1, -0.05) is 66.7 Å². The van der Waals surface area contributed by atoms with Crippen molar-refractivity contribution in [3.8, 4) is 17.0 Å². The molecule has 27 heavy (non-hydrogen) atoms. The van der Waals surface area contributed by atoms with Crippen LogP contribution in [0.2, 0.25) is 0 Å². The maximum Gasteiger partial charge on any atom is 0.262 e. The number of nitrogens with zero attached hydrogens (tertiary/aromatic N) is 2. The molecule has 1 heterocycles. The average Bonchev–Trinajstić information content (AvgIpc) is 2.73. The second-order valence-corrected chi connectivity index (χ2v) is 5.99. The highest BCUT2D eigenvalue weighted by Gasteiger charge is 2.11. The van der Waals surface area contributed by atoms with Crippen LogP contribution in [-0.2, 0) is 4.79 Å². The summed E-state index contributed by atoms with van der Waals surface area (Å²) in [6.45, 7) is -0.147. The number of benzene rings is 3. The number of anilines is 1. The highest BCUT2D eigenvalue weighted by molar-refractivity contribution is 5.96. The quantitative estimate of drug-likeness (QED) is 0.579. The van der Waals surface area contributed by atoms with Gasteiger partial charge in [-0.2, -0.15) is 5.10 Å². The van der Waals surface area contributed by atoms with E-state index in [1.807, 2.05) is 78.9 Å². The summed E-state index contributed by atoms with van der Waals surface area (Å²) in [5.74, 6) is 0.0905. The number of carbonyl (C=O) groups excluding carboxylic acids is 1. The summed E-state index contributed by atoms with van der Waals surface area (Å²) < 4.78 is 5.61. The predicted octanol–water partition coefficient (Wildman–Crippen LogP) is 4.31. The first kappa shape index (κ1) is 16.7. The lowest BCUT2D eigenvalue weighted by Gasteiger charge is -2.12. The van der Waals surface area contributed by atoms with Crippen LogP contribution in [0.25, 0.3) is 21.9 Å². The number of ether oxygens (including phenoxy) is 1. The maximum atomic E-state index is 12.4. The highest BCUT2D eigenvalue weighted by Crippen LogP contribution is 2.27. The van der Waals surface area contributed by atoms with Gasteiger partial charge >= 0.3 is 0 Å². The van der Waals surface area contributed by atoms with Gasteiger partial charge in [0.1, 0.15) is 0 Å². The second-order valence-electron chi connectivity index (χ2n) is 5.99. The van der Waals surface area contributed by atoms with Crippen LogP contribution in [0.4, 0.5) is 5.69 Å². The van der Waals surface area contributed by atoms with Crippen molar-refractivity contribution in [1.29, 1.82) is 0 Å². The summed E-state index contributed by atoms with van der Waals surface area (Å²) in [6.07, 6.45) is 1.67. The minimum absolute atomic E-state index is 0.147. The third kappa shape index (κ3) is 3.77. The molecule has 3 aromatic carbocycles. The number of fused-ring (bicyclic) bond motifs is 1. The van der Waals surface area contributed by atoms with Crippen molar-refractivity contribution in [1.82, 2.24) is 10.2 Å². The van der Waals surface area contributed by atoms with Crippen LogP contribution in [-0.4, -0.2) is 22.7 Å². The van der Waals surface area contributed by atoms with Gasteiger partial charge in [-0.15, -0.1) is 5.10 Å². The fourth-order valence-electron chi connectivity index (χ4n) is 2.89. The fourth-order valence-corrected chi connectivity index (χ4v) is 2.89. The number of para-hydroxylation sites is 1. The van der Waals surface area contributed by atoms with Crippen molar-refractivity contribution in [2.75, 3.05) is 11.9 Å². The first-order chi connectivity index (χ1) is 13.3. The molecule has 0 aliphatic rings. The Morgan fingerprint density at radius 1 is 0.889 bits per heavy atom. The number of nitrogens with one attached hydrogen (secondary N) is 1. The molecule has 0 unspecified atom stereocenters. The molecule has 5 heteroatoms. The SMILES string of the molecule is O=C(COc1nncc2ccccc12)Nc1ccccc1-c1ccccc1. The van der Waals surface area contributed by atoms with E-state index in [4.69, 9.17) is 4.74 Å². The van der Waals surface area contributed by atoms with Crippen molar-refractivity contribution < 1.29 is 9.53 Å². The Bertz CT molecular complexity index is 1080. The largest absolute Gasteiger partial charge is 0.466 e. The first-order valence-electron chi connectivity index (χ1n) is 8.59. The highest BCUT2D eigenvalue weighted by atomic mass is 16.5. The van der Waals surface area contributed by atoms with E-state index in [1.54, 1.807) is 6.20 Å². The van der Waals surface area contributed by atoms with Crippen LogP contribution < -0.4 is 10.1 Å². The lowest BCUT2D eigenvalue weighted by atomic mass is 10.0. The smallest absolute Gasteiger partial charge is 0.262 e. The van der Waals surface area contributed by atoms with Crippen LogP contribution in [0.5, 0.6) is 5.88 Å². The van der Waals surface area contributed by atoms with Crippen LogP contribution in [0.15, 0.2) is 85.1 Å². The van der Waals surface area contributed by atoms with Gasteiger partial charge in [0.15, 0.2) is 6.61 Å². The molecule has 132 valence electrons. The number of rotatable bonds is 5. The minimum Gasteiger partial charge on any atom is -0.466 e. The van der Waals surface area contributed by atoms with Crippen molar-refractivity contribution in [3.05, 3.63) is 85.1 Å². The van der Waals surface area contributed by atoms with E-state index in [9.17, 15) is 4.79 Å². The number of carbonyl (C=O) groups is 1. The summed E-state index contributed by atoms with van der Waals surface area (Å²) in [6, 6.07) is 25.2. The molecule has 1 N–H and O–H groups in total. The monoisotopic (exact) mass is 355 g/mol. The Balaban J connectivity index is 1.49. The lowest BCUT2D eigenvalue weighted by Crippen LogP contribution is -2.21. The first-order valence-corrected chi connectivity index (χ1v) is 8.59. The Morgan fingerprint density at radius 2 is 1.63 bits per heavy atom. The number of hydrogen-bond acceptors (Lipinski definition) is 4. The van der Waals surface area contributed by atoms with E-state index < -0.39 is 0 Å². The normalized spacial score (nSPS) is 10.5. The Hall–Kier alpha value is -3.73. The average molecular weight is 355 g/mol. The van der Waals surface area contributed by atoms with Crippen molar-refractivity contribution >= 4 is 22.4 Å². The third-order valence-electron chi connectivity index (χ3n) is 4.16. The van der Waals surface area contributed by atoms with Crippen molar-refractivity contribution in [2.45, 2.75) is 0 Å². The van der Waals surface area contributed by atoms with E-state index in [-0.39, 0.29) is 12.5 Å². The Labute approximate surface area is 156 Å². The minimum atomic E-state index is -0.256. The number of amides is 1. The van der Waals surface area contributed by atoms with Gasteiger partial charge in [-0.05, 0) is 17.7 Å². The van der Waals surface area contributed by atoms with Crippen LogP contribution in [0.3, 0.4) is 0 Å². The lowest BCUT2D eigenvalue weighted by molar-refractivity contribution is -0.118. The molecule has 0 aliphatic heterocycles. The summed E-state index contributed by atoms with van der Waals surface area (Å²) in [5, 5.41) is 12.6. The molecular weight excluding hydrogens is 338 g/mol. The predicted molar refractivity (Wildman–Crippen MR) is 106 cm³/mol. The van der Waals surface area contributed by atoms with E-state index in [1.165, 1.54) is 0 Å². The number of aromatic nitrogens is 2. The zero-order valence-corrected chi connectivity index (χ0v) is 14.5. The van der Waals surface area contributed by atoms with Gasteiger partial charge in [0, 0.05) is 22.0 Å². The Kier molecular flexibility index (Phi) is 4.74. The summed E-state index contributed by atoms with van der Waals surface area (Å²) >= 11 is 0. The third-order valence-corrected chi connectivity index (χ3v) is 4.16. The van der Waals surface area contributed by atoms with Crippen molar-refractivity contribution in [3.63, 3.8) is 0 Å². The molecule has 1 aromatic heterocycles. The fraction of sp³-hybridized carbons (Fsp3) is 0.0455. The van der Waals surface area contributed by atoms with Crippen LogP contribution in [0, 0.1) is 0 Å². The molecular formula is C22H17N3O2. The molecule has 1 amide bonds. The molecule has 0 spiro atoms. The zero-order valence-electron chi connectivity index (χ0n) is 14.5. The van der Waals surface area contributed by atoms with E-state index in [0.29, 0.717) is 5.88 Å². The van der Waals surface area contributed by atoms with Gasteiger partial charge in [0.2, 0.25) is 5.88 Å². The van der Waals surface area contributed by atoms with E-state index in [0.717, 1.165) is 27.6 Å². The number of hydrogen-bond donors (Lipinski definition) is 1. The molecule has 4 rings (SSSR count). The summed E-state index contributed by atoms with van der Waals surface area (Å²) in [4.78, 5) is 12.4. The Morgan fingerprint density at radius 3 is 2.52 bits per heavy atom. The summed E-state index contributed by atoms with van der Waals surface area (Å²) in [5.41, 5.74) is 2.73. The molecule has 0 saturated carbocycles. The van der Waals surface area contributed by atoms with E-state index in [2.05, 4.69) is 15.5 Å². The second kappa shape index (κ2) is 7.66. The molecule has 0 radical (unpaired) electrons. The van der Waals surface area contributed by atoms with Gasteiger partial charge in [0.05, 0.1) is 6.20 Å². The molecule has 0 bridgehead atoms. The molecule has 0 atom stereocenters. The molecule has 5 nitrogen and oxygen atoms in total. The summed E-state index contributed by atoms with van der Waals surface area (Å²) in [7, 11) is 0. The molecule has 0 saturated heterocycles. The van der Waals surface area contributed by atoms with Crippen LogP contribution in [0.1, 0.15) is 0 Å². The molecule has 0 aliphatic carbocycles. The maximum absolute atomic E-state index is 12.4. The van der Waals surface area contributed by atoms with Gasteiger partial charge in [-0.3, -0.25) is 4.79 Å². The van der Waals surface area contributed by atoms with Crippen molar-refractivity contribution in [2.24, 2.45) is 0 Å². The zero-order chi connectivity index (χ0) is 18.5. The molecule has 4 aromatic rings. The topological polar surface area (TPSA) is 64.1 Å². The standard InChI is InChI=1S/C22H17N3O2/c26-21(15-27-22-19-12-5-4-10-17(19)14-23-25-22)24-20-13-7-6-11-18(20)16-8-2-1-3-9-16/h1-14H,15H2,(H,24,26). The van der Waals surface area contributed by atoms with Crippen LogP contribution >= 0.6 is 0 Å². The van der Waals surface area contributed by atoms with E-state index >= 15 is 0 Å². The van der Waals surface area contributed by atoms with Gasteiger partial charge in [0.25, 0.3) is 5.91 Å². The van der Waals surface area contributed by atoms with Gasteiger partial charge < -0.3 is 10.1 Å². The molecule has 0 fully saturated rings.